The zero-order valence-electron chi connectivity index (χ0n) is 22.9. The van der Waals surface area contributed by atoms with E-state index in [4.69, 9.17) is 14.2 Å². The number of carbonyl (C=O) groups is 1. The van der Waals surface area contributed by atoms with Crippen molar-refractivity contribution in [3.63, 3.8) is 0 Å². The molecule has 0 bridgehead atoms. The van der Waals surface area contributed by atoms with Crippen molar-refractivity contribution in [2.24, 2.45) is 4.99 Å². The Bertz CT molecular complexity index is 1790. The fourth-order valence-corrected chi connectivity index (χ4v) is 5.71. The molecule has 1 atom stereocenters. The first-order chi connectivity index (χ1) is 19.9. The summed E-state index contributed by atoms with van der Waals surface area (Å²) in [4.78, 5) is 31.9. The Morgan fingerprint density at radius 2 is 1.76 bits per heavy atom. The van der Waals surface area contributed by atoms with Gasteiger partial charge in [-0.25, -0.2) is 14.2 Å². The van der Waals surface area contributed by atoms with E-state index in [0.717, 1.165) is 11.1 Å². The average Bonchev–Trinajstić information content (AvgIpc) is 3.27. The number of hydrogen-bond acceptors (Lipinski definition) is 7. The molecule has 1 unspecified atom stereocenters. The van der Waals surface area contributed by atoms with Crippen LogP contribution in [0.15, 0.2) is 93.9 Å². The molecule has 0 saturated heterocycles. The Morgan fingerprint density at radius 3 is 2.49 bits per heavy atom. The number of benzene rings is 3. The molecular weight excluding hydrogens is 543 g/mol. The van der Waals surface area contributed by atoms with Crippen molar-refractivity contribution in [1.82, 2.24) is 4.57 Å². The van der Waals surface area contributed by atoms with Crippen LogP contribution in [0.1, 0.15) is 43.5 Å². The normalized spacial score (nSPS) is 14.8. The summed E-state index contributed by atoms with van der Waals surface area (Å²) in [7, 11) is 0. The van der Waals surface area contributed by atoms with Gasteiger partial charge in [-0.05, 0) is 56.2 Å². The van der Waals surface area contributed by atoms with Crippen molar-refractivity contribution in [3.05, 3.63) is 126 Å². The van der Waals surface area contributed by atoms with E-state index in [1.807, 2.05) is 37.3 Å². The molecule has 41 heavy (non-hydrogen) atoms. The van der Waals surface area contributed by atoms with Crippen LogP contribution >= 0.6 is 11.3 Å². The predicted molar refractivity (Wildman–Crippen MR) is 155 cm³/mol. The number of aromatic nitrogens is 1. The Balaban J connectivity index is 1.55. The lowest BCUT2D eigenvalue weighted by Crippen LogP contribution is -2.39. The van der Waals surface area contributed by atoms with E-state index < -0.39 is 12.0 Å². The second-order valence-electron chi connectivity index (χ2n) is 9.23. The maximum Gasteiger partial charge on any atom is 0.338 e. The van der Waals surface area contributed by atoms with Crippen LogP contribution in [0.2, 0.25) is 0 Å². The molecule has 1 aliphatic heterocycles. The Labute approximate surface area is 240 Å². The van der Waals surface area contributed by atoms with Gasteiger partial charge in [-0.3, -0.25) is 9.36 Å². The van der Waals surface area contributed by atoms with Gasteiger partial charge in [0, 0.05) is 5.56 Å². The minimum Gasteiger partial charge on any atom is -0.490 e. The highest BCUT2D eigenvalue weighted by Crippen LogP contribution is 2.31. The van der Waals surface area contributed by atoms with Gasteiger partial charge in [0.2, 0.25) is 0 Å². The van der Waals surface area contributed by atoms with Gasteiger partial charge < -0.3 is 14.2 Å². The summed E-state index contributed by atoms with van der Waals surface area (Å²) < 4.78 is 33.1. The average molecular weight is 573 g/mol. The molecule has 0 spiro atoms. The number of carbonyl (C=O) groups excluding carboxylic acids is 1. The molecule has 5 rings (SSSR count). The molecule has 1 aromatic heterocycles. The van der Waals surface area contributed by atoms with E-state index >= 15 is 0 Å². The van der Waals surface area contributed by atoms with Crippen LogP contribution in [-0.4, -0.2) is 23.8 Å². The first-order valence-corrected chi connectivity index (χ1v) is 14.1. The van der Waals surface area contributed by atoms with Crippen molar-refractivity contribution >= 4 is 23.4 Å². The van der Waals surface area contributed by atoms with E-state index in [1.165, 1.54) is 17.4 Å². The number of ether oxygens (including phenoxy) is 3. The maximum atomic E-state index is 14.1. The SMILES string of the molecule is CCOC(=O)C1=C(C)N=c2s/c(=C/c3ccc(OCc4ccccc4F)c(OCC)c3)c(=O)n2C1c1ccccc1. The molecule has 0 aliphatic carbocycles. The quantitative estimate of drug-likeness (QED) is 0.266. The molecule has 0 saturated carbocycles. The minimum absolute atomic E-state index is 0.0479. The van der Waals surface area contributed by atoms with E-state index in [0.29, 0.717) is 44.3 Å². The fraction of sp³-hybridized carbons (Fsp3) is 0.219. The maximum absolute atomic E-state index is 14.1. The largest absolute Gasteiger partial charge is 0.490 e. The highest BCUT2D eigenvalue weighted by molar-refractivity contribution is 7.07. The van der Waals surface area contributed by atoms with Gasteiger partial charge in [0.05, 0.1) is 35.1 Å². The molecule has 3 aromatic carbocycles. The highest BCUT2D eigenvalue weighted by Gasteiger charge is 2.33. The monoisotopic (exact) mass is 572 g/mol. The summed E-state index contributed by atoms with van der Waals surface area (Å²) in [5.41, 5.74) is 2.52. The van der Waals surface area contributed by atoms with Crippen LogP contribution in [0.3, 0.4) is 0 Å². The highest BCUT2D eigenvalue weighted by atomic mass is 32.1. The number of hydrogen-bond donors (Lipinski definition) is 0. The molecule has 1 aliphatic rings. The number of fused-ring (bicyclic) bond motifs is 1. The van der Waals surface area contributed by atoms with Crippen molar-refractivity contribution in [3.8, 4) is 11.5 Å². The van der Waals surface area contributed by atoms with Crippen LogP contribution in [0, 0.1) is 5.82 Å². The van der Waals surface area contributed by atoms with Gasteiger partial charge in [0.25, 0.3) is 5.56 Å². The van der Waals surface area contributed by atoms with Crippen molar-refractivity contribution in [2.75, 3.05) is 13.2 Å². The Hall–Kier alpha value is -4.50. The number of esters is 1. The third-order valence-electron chi connectivity index (χ3n) is 6.54. The zero-order chi connectivity index (χ0) is 28.9. The first kappa shape index (κ1) is 28.0. The third kappa shape index (κ3) is 5.85. The molecule has 210 valence electrons. The summed E-state index contributed by atoms with van der Waals surface area (Å²) in [5.74, 6) is 0.109. The molecule has 7 nitrogen and oxygen atoms in total. The van der Waals surface area contributed by atoms with Crippen LogP contribution in [-0.2, 0) is 16.1 Å². The summed E-state index contributed by atoms with van der Waals surface area (Å²) in [6.45, 7) is 6.02. The summed E-state index contributed by atoms with van der Waals surface area (Å²) in [6, 6.07) is 20.5. The minimum atomic E-state index is -0.665. The topological polar surface area (TPSA) is 79.1 Å². The van der Waals surface area contributed by atoms with E-state index in [9.17, 15) is 14.0 Å². The molecule has 0 radical (unpaired) electrons. The van der Waals surface area contributed by atoms with Gasteiger partial charge in [0.15, 0.2) is 16.3 Å². The van der Waals surface area contributed by atoms with Crippen LogP contribution in [0.4, 0.5) is 4.39 Å². The van der Waals surface area contributed by atoms with Gasteiger partial charge in [-0.1, -0.05) is 65.9 Å². The van der Waals surface area contributed by atoms with Crippen molar-refractivity contribution in [1.29, 1.82) is 0 Å². The van der Waals surface area contributed by atoms with Gasteiger partial charge in [-0.15, -0.1) is 0 Å². The molecule has 0 amide bonds. The second kappa shape index (κ2) is 12.3. The first-order valence-electron chi connectivity index (χ1n) is 13.3. The number of nitrogens with zero attached hydrogens (tertiary/aromatic N) is 2. The number of halogens is 1. The predicted octanol–water partition coefficient (Wildman–Crippen LogP) is 4.92. The molecule has 0 fully saturated rings. The third-order valence-corrected chi connectivity index (χ3v) is 7.52. The second-order valence-corrected chi connectivity index (χ2v) is 10.2. The molecule has 4 aromatic rings. The zero-order valence-corrected chi connectivity index (χ0v) is 23.7. The molecule has 9 heteroatoms. The molecule has 0 N–H and O–H groups in total. The Kier molecular flexibility index (Phi) is 8.45. The Morgan fingerprint density at radius 1 is 1.00 bits per heavy atom. The lowest BCUT2D eigenvalue weighted by molar-refractivity contribution is -0.139. The van der Waals surface area contributed by atoms with E-state index in [2.05, 4.69) is 4.99 Å². The summed E-state index contributed by atoms with van der Waals surface area (Å²) in [6.07, 6.45) is 1.76. The van der Waals surface area contributed by atoms with E-state index in [-0.39, 0.29) is 24.6 Å². The van der Waals surface area contributed by atoms with Crippen molar-refractivity contribution < 1.29 is 23.4 Å². The number of thiazole rings is 1. The van der Waals surface area contributed by atoms with Gasteiger partial charge in [0.1, 0.15) is 12.4 Å². The fourth-order valence-electron chi connectivity index (χ4n) is 4.67. The standard InChI is InChI=1S/C32H29FN2O5S/c1-4-38-26-17-21(15-16-25(26)40-19-23-13-9-10-14-24(23)33)18-27-30(36)35-29(22-11-7-6-8-12-22)28(31(37)39-5-2)20(3)34-32(35)41-27/h6-18,29H,4-5,19H2,1-3H3/b27-18+. The molecular formula is C32H29FN2O5S. The molecule has 2 heterocycles. The summed E-state index contributed by atoms with van der Waals surface area (Å²) >= 11 is 1.25. The smallest absolute Gasteiger partial charge is 0.338 e. The lowest BCUT2D eigenvalue weighted by Gasteiger charge is -2.24. The van der Waals surface area contributed by atoms with Crippen LogP contribution < -0.4 is 24.4 Å². The number of rotatable bonds is 9. The van der Waals surface area contributed by atoms with Crippen LogP contribution in [0.25, 0.3) is 6.08 Å². The van der Waals surface area contributed by atoms with Crippen molar-refractivity contribution in [2.45, 2.75) is 33.4 Å². The van der Waals surface area contributed by atoms with Crippen LogP contribution in [0.5, 0.6) is 11.5 Å². The van der Waals surface area contributed by atoms with E-state index in [1.54, 1.807) is 60.9 Å². The van der Waals surface area contributed by atoms with Gasteiger partial charge >= 0.3 is 5.97 Å². The number of allylic oxidation sites excluding steroid dienone is 1. The van der Waals surface area contributed by atoms with Gasteiger partial charge in [-0.2, -0.15) is 0 Å². The summed E-state index contributed by atoms with van der Waals surface area (Å²) in [5, 5.41) is 0. The lowest BCUT2D eigenvalue weighted by atomic mass is 9.96.